The fourth-order valence-electron chi connectivity index (χ4n) is 7.02. The quantitative estimate of drug-likeness (QED) is 0.278. The van der Waals surface area contributed by atoms with E-state index in [2.05, 4.69) is 112 Å². The normalized spacial score (nSPS) is 21.1. The van der Waals surface area contributed by atoms with E-state index < -0.39 is 0 Å². The third kappa shape index (κ3) is 4.46. The van der Waals surface area contributed by atoms with Crippen LogP contribution in [0.1, 0.15) is 91.2 Å². The third-order valence-corrected chi connectivity index (χ3v) is 9.58. The average molecular weight is 505 g/mol. The average Bonchev–Trinajstić information content (AvgIpc) is 3.46. The summed E-state index contributed by atoms with van der Waals surface area (Å²) in [6.45, 7) is 14.4. The van der Waals surface area contributed by atoms with Crippen LogP contribution in [0.4, 0.5) is 0 Å². The molecule has 0 saturated heterocycles. The number of aromatic nitrogens is 2. The van der Waals surface area contributed by atoms with Gasteiger partial charge in [-0.2, -0.15) is 0 Å². The largest absolute Gasteiger partial charge is 0.353 e. The molecule has 0 aliphatic heterocycles. The molecular formula is C36H44N2. The zero-order valence-electron chi connectivity index (χ0n) is 24.2. The molecule has 38 heavy (non-hydrogen) atoms. The summed E-state index contributed by atoms with van der Waals surface area (Å²) in [5, 5.41) is 2.69. The molecule has 2 heterocycles. The van der Waals surface area contributed by atoms with Crippen molar-refractivity contribution >= 4 is 33.0 Å². The zero-order valence-corrected chi connectivity index (χ0v) is 24.2. The number of allylic oxidation sites excluding steroid dienone is 4. The second-order valence-electron chi connectivity index (χ2n) is 14.0. The molecule has 0 spiro atoms. The summed E-state index contributed by atoms with van der Waals surface area (Å²) in [4.78, 5) is 7.79. The van der Waals surface area contributed by atoms with Crippen molar-refractivity contribution < 1.29 is 0 Å². The number of nitrogens with one attached hydrogen (secondary N) is 2. The van der Waals surface area contributed by atoms with Gasteiger partial charge < -0.3 is 9.97 Å². The van der Waals surface area contributed by atoms with Crippen LogP contribution in [-0.4, -0.2) is 9.97 Å². The van der Waals surface area contributed by atoms with Crippen LogP contribution < -0.4 is 0 Å². The van der Waals surface area contributed by atoms with E-state index in [4.69, 9.17) is 0 Å². The maximum Gasteiger partial charge on any atom is 0.0713 e. The highest BCUT2D eigenvalue weighted by atomic mass is 14.8. The zero-order chi connectivity index (χ0) is 26.7. The van der Waals surface area contributed by atoms with Crippen LogP contribution in [0.5, 0.6) is 0 Å². The first kappa shape index (κ1) is 25.3. The predicted octanol–water partition coefficient (Wildman–Crippen LogP) is 10.8. The number of hydrogen-bond donors (Lipinski definition) is 2. The minimum atomic E-state index is 0.355. The van der Waals surface area contributed by atoms with E-state index in [0.717, 1.165) is 37.5 Å². The van der Waals surface area contributed by atoms with E-state index in [1.807, 2.05) is 0 Å². The highest BCUT2D eigenvalue weighted by molar-refractivity contribution is 6.06. The Morgan fingerprint density at radius 3 is 1.32 bits per heavy atom. The lowest BCUT2D eigenvalue weighted by Crippen LogP contribution is -2.22. The van der Waals surface area contributed by atoms with E-state index in [0.29, 0.717) is 10.8 Å². The molecule has 2 unspecified atom stereocenters. The van der Waals surface area contributed by atoms with Crippen molar-refractivity contribution in [3.8, 4) is 11.4 Å². The van der Waals surface area contributed by atoms with E-state index in [9.17, 15) is 0 Å². The van der Waals surface area contributed by atoms with Crippen molar-refractivity contribution in [3.63, 3.8) is 0 Å². The molecule has 2 nitrogen and oxygen atoms in total. The molecule has 2 aliphatic carbocycles. The lowest BCUT2D eigenvalue weighted by molar-refractivity contribution is 0.225. The van der Waals surface area contributed by atoms with Crippen molar-refractivity contribution in [2.24, 2.45) is 22.7 Å². The van der Waals surface area contributed by atoms with Gasteiger partial charge in [-0.15, -0.1) is 0 Å². The molecular weight excluding hydrogens is 460 g/mol. The summed E-state index contributed by atoms with van der Waals surface area (Å²) in [5.74, 6) is 1.48. The molecule has 2 aliphatic rings. The Bertz CT molecular complexity index is 1420. The molecule has 0 saturated carbocycles. The maximum atomic E-state index is 3.89. The summed E-state index contributed by atoms with van der Waals surface area (Å²) >= 11 is 0. The van der Waals surface area contributed by atoms with Gasteiger partial charge in [0.25, 0.3) is 0 Å². The van der Waals surface area contributed by atoms with Gasteiger partial charge in [0.1, 0.15) is 0 Å². The Hall–Kier alpha value is -3.00. The number of benzene rings is 2. The molecule has 0 radical (unpaired) electrons. The standard InChI is InChI=1S/C36H44N2/c1-35(2,3)25-19-15-23(16-20-25)31-27-11-7-9-13-29(27)37-33(31)34-32(28-12-8-10-14-30(28)38-34)24-17-21-26(22-18-24)36(4,5)6/h7-15,17,25-26,37-38H,16,18-22H2,1-6H3. The molecule has 4 aromatic rings. The predicted molar refractivity (Wildman–Crippen MR) is 165 cm³/mol. The first-order valence-electron chi connectivity index (χ1n) is 14.7. The molecule has 0 fully saturated rings. The van der Waals surface area contributed by atoms with Gasteiger partial charge in [-0.3, -0.25) is 0 Å². The Balaban J connectivity index is 1.52. The molecule has 2 N–H and O–H groups in total. The smallest absolute Gasteiger partial charge is 0.0713 e. The Kier molecular flexibility index (Phi) is 6.21. The Morgan fingerprint density at radius 1 is 0.579 bits per heavy atom. The van der Waals surface area contributed by atoms with E-state index >= 15 is 0 Å². The fraction of sp³-hybridized carbons (Fsp3) is 0.444. The summed E-state index contributed by atoms with van der Waals surface area (Å²) in [5.41, 5.74) is 11.5. The summed E-state index contributed by atoms with van der Waals surface area (Å²) < 4.78 is 0. The minimum Gasteiger partial charge on any atom is -0.353 e. The van der Waals surface area contributed by atoms with Crippen molar-refractivity contribution in [1.82, 2.24) is 9.97 Å². The van der Waals surface area contributed by atoms with Crippen LogP contribution in [0.3, 0.4) is 0 Å². The first-order valence-corrected chi connectivity index (χ1v) is 14.7. The van der Waals surface area contributed by atoms with Crippen molar-refractivity contribution in [2.75, 3.05) is 0 Å². The van der Waals surface area contributed by atoms with Gasteiger partial charge in [-0.25, -0.2) is 0 Å². The lowest BCUT2D eigenvalue weighted by Gasteiger charge is -2.33. The van der Waals surface area contributed by atoms with Crippen LogP contribution in [0.25, 0.3) is 44.3 Å². The summed E-state index contributed by atoms with van der Waals surface area (Å²) in [6.07, 6.45) is 12.2. The van der Waals surface area contributed by atoms with Crippen LogP contribution in [0.2, 0.25) is 0 Å². The van der Waals surface area contributed by atoms with Crippen LogP contribution >= 0.6 is 0 Å². The van der Waals surface area contributed by atoms with Gasteiger partial charge in [0, 0.05) is 32.9 Å². The third-order valence-electron chi connectivity index (χ3n) is 9.58. The number of rotatable bonds is 3. The molecule has 2 aromatic heterocycles. The highest BCUT2D eigenvalue weighted by Gasteiger charge is 2.31. The number of fused-ring (bicyclic) bond motifs is 2. The monoisotopic (exact) mass is 504 g/mol. The SMILES string of the molecule is CC(C)(C)C1CC=C(c2c(-c3[nH]c4ccccc4c3C3=CCC(C(C)(C)C)CC3)[nH]c3ccccc23)CC1. The number of para-hydroxylation sites is 2. The van der Waals surface area contributed by atoms with Crippen molar-refractivity contribution in [3.05, 3.63) is 71.8 Å². The van der Waals surface area contributed by atoms with Crippen molar-refractivity contribution in [2.45, 2.75) is 80.1 Å². The second kappa shape index (κ2) is 9.33. The molecule has 2 aromatic carbocycles. The van der Waals surface area contributed by atoms with Gasteiger partial charge in [0.2, 0.25) is 0 Å². The van der Waals surface area contributed by atoms with Crippen molar-refractivity contribution in [1.29, 1.82) is 0 Å². The number of hydrogen-bond acceptors (Lipinski definition) is 0. The summed E-state index contributed by atoms with van der Waals surface area (Å²) in [6, 6.07) is 17.8. The summed E-state index contributed by atoms with van der Waals surface area (Å²) in [7, 11) is 0. The molecule has 6 rings (SSSR count). The minimum absolute atomic E-state index is 0.355. The first-order chi connectivity index (χ1) is 18.1. The van der Waals surface area contributed by atoms with Gasteiger partial charge >= 0.3 is 0 Å². The van der Waals surface area contributed by atoms with Crippen LogP contribution in [0.15, 0.2) is 60.7 Å². The topological polar surface area (TPSA) is 31.6 Å². The van der Waals surface area contributed by atoms with Crippen LogP contribution in [0, 0.1) is 22.7 Å². The molecule has 2 atom stereocenters. The molecule has 0 amide bonds. The maximum absolute atomic E-state index is 3.89. The molecule has 198 valence electrons. The van der Waals surface area contributed by atoms with Gasteiger partial charge in [0.15, 0.2) is 0 Å². The van der Waals surface area contributed by atoms with E-state index in [-0.39, 0.29) is 0 Å². The van der Waals surface area contributed by atoms with E-state index in [1.54, 1.807) is 0 Å². The lowest BCUT2D eigenvalue weighted by atomic mass is 9.71. The Labute approximate surface area is 228 Å². The second-order valence-corrected chi connectivity index (χ2v) is 14.0. The number of aromatic amines is 2. The van der Waals surface area contributed by atoms with Gasteiger partial charge in [-0.1, -0.05) is 90.1 Å². The van der Waals surface area contributed by atoms with E-state index in [1.165, 1.54) is 68.3 Å². The fourth-order valence-corrected chi connectivity index (χ4v) is 7.02. The number of H-pyrrole nitrogens is 2. The Morgan fingerprint density at radius 2 is 0.974 bits per heavy atom. The molecule has 2 heteroatoms. The van der Waals surface area contributed by atoms with Gasteiger partial charge in [-0.05, 0) is 84.5 Å². The molecule has 0 bridgehead atoms. The van der Waals surface area contributed by atoms with Crippen LogP contribution in [-0.2, 0) is 0 Å². The van der Waals surface area contributed by atoms with Gasteiger partial charge in [0.05, 0.1) is 11.4 Å². The highest BCUT2D eigenvalue weighted by Crippen LogP contribution is 2.48.